The van der Waals surface area contributed by atoms with Crippen molar-refractivity contribution in [3.05, 3.63) is 0 Å². The maximum absolute atomic E-state index is 11.7. The van der Waals surface area contributed by atoms with Crippen LogP contribution in [0.4, 0.5) is 0 Å². The van der Waals surface area contributed by atoms with E-state index in [9.17, 15) is 19.2 Å². The van der Waals surface area contributed by atoms with Gasteiger partial charge in [0.25, 0.3) is 0 Å². The summed E-state index contributed by atoms with van der Waals surface area (Å²) in [6.07, 6.45) is -5.66. The van der Waals surface area contributed by atoms with Crippen molar-refractivity contribution in [3.63, 3.8) is 0 Å². The van der Waals surface area contributed by atoms with Crippen molar-refractivity contribution in [1.82, 2.24) is 0 Å². The SMILES string of the molecule is CC(=O)OC[C@H]1O[C@H](OCC[Si](C)(C)C)[C@@H](OC(C)=O)[C@@H](OC(C)=O)[C@@H]1OC(C)=O. The van der Waals surface area contributed by atoms with E-state index in [4.69, 9.17) is 28.4 Å². The van der Waals surface area contributed by atoms with Crippen LogP contribution in [0.15, 0.2) is 0 Å². The van der Waals surface area contributed by atoms with E-state index >= 15 is 0 Å². The van der Waals surface area contributed by atoms with E-state index in [1.54, 1.807) is 0 Å². The lowest BCUT2D eigenvalue weighted by Gasteiger charge is -2.44. The topological polar surface area (TPSA) is 124 Å². The van der Waals surface area contributed by atoms with E-state index < -0.39 is 62.7 Å². The van der Waals surface area contributed by atoms with Crippen LogP contribution in [0.5, 0.6) is 0 Å². The van der Waals surface area contributed by atoms with Crippen molar-refractivity contribution >= 4 is 32.0 Å². The maximum atomic E-state index is 11.7. The number of carbonyl (C=O) groups is 4. The van der Waals surface area contributed by atoms with Crippen molar-refractivity contribution in [2.24, 2.45) is 0 Å². The van der Waals surface area contributed by atoms with Gasteiger partial charge in [0.15, 0.2) is 24.6 Å². The summed E-state index contributed by atoms with van der Waals surface area (Å²) < 4.78 is 32.7. The fourth-order valence-electron chi connectivity index (χ4n) is 2.80. The Hall–Kier alpha value is -1.98. The third kappa shape index (κ3) is 9.22. The number of hydrogen-bond acceptors (Lipinski definition) is 10. The van der Waals surface area contributed by atoms with Gasteiger partial charge >= 0.3 is 23.9 Å². The normalized spacial score (nSPS) is 26.4. The second-order valence-electron chi connectivity index (χ2n) is 8.25. The Morgan fingerprint density at radius 3 is 1.73 bits per heavy atom. The van der Waals surface area contributed by atoms with Crippen LogP contribution in [0.2, 0.25) is 25.7 Å². The quantitative estimate of drug-likeness (QED) is 0.290. The molecule has 0 aromatic heterocycles. The number of rotatable bonds is 9. The lowest BCUT2D eigenvalue weighted by atomic mass is 9.98. The minimum atomic E-state index is -1.43. The zero-order valence-corrected chi connectivity index (χ0v) is 19.6. The number of ether oxygens (including phenoxy) is 6. The van der Waals surface area contributed by atoms with E-state index in [-0.39, 0.29) is 6.61 Å². The molecule has 1 heterocycles. The summed E-state index contributed by atoms with van der Waals surface area (Å²) >= 11 is 0. The molecular weight excluding hydrogens is 416 g/mol. The zero-order valence-electron chi connectivity index (χ0n) is 18.6. The monoisotopic (exact) mass is 448 g/mol. The first-order valence-corrected chi connectivity index (χ1v) is 13.4. The average Bonchev–Trinajstić information content (AvgIpc) is 2.55. The molecule has 0 amide bonds. The molecule has 30 heavy (non-hydrogen) atoms. The molecule has 0 N–H and O–H groups in total. The van der Waals surface area contributed by atoms with Gasteiger partial charge < -0.3 is 28.4 Å². The highest BCUT2D eigenvalue weighted by molar-refractivity contribution is 6.76. The van der Waals surface area contributed by atoms with Gasteiger partial charge in [-0.3, -0.25) is 19.2 Å². The van der Waals surface area contributed by atoms with Gasteiger partial charge in [-0.2, -0.15) is 0 Å². The molecule has 0 aliphatic carbocycles. The van der Waals surface area contributed by atoms with Crippen LogP contribution < -0.4 is 0 Å². The number of hydrogen-bond donors (Lipinski definition) is 0. The van der Waals surface area contributed by atoms with Gasteiger partial charge in [0.2, 0.25) is 0 Å². The Morgan fingerprint density at radius 1 is 0.767 bits per heavy atom. The molecule has 0 spiro atoms. The summed E-state index contributed by atoms with van der Waals surface area (Å²) in [7, 11) is -1.43. The second-order valence-corrected chi connectivity index (χ2v) is 13.9. The van der Waals surface area contributed by atoms with E-state index in [1.807, 2.05) is 0 Å². The molecule has 1 rings (SSSR count). The Labute approximate surface area is 177 Å². The van der Waals surface area contributed by atoms with Crippen LogP contribution >= 0.6 is 0 Å². The largest absolute Gasteiger partial charge is 0.463 e. The van der Waals surface area contributed by atoms with Crippen LogP contribution in [0.3, 0.4) is 0 Å². The van der Waals surface area contributed by atoms with E-state index in [0.717, 1.165) is 6.04 Å². The summed E-state index contributed by atoms with van der Waals surface area (Å²) in [6, 6.07) is 0.805. The van der Waals surface area contributed by atoms with Crippen LogP contribution in [0.1, 0.15) is 27.7 Å². The van der Waals surface area contributed by atoms with E-state index in [1.165, 1.54) is 27.7 Å². The second kappa shape index (κ2) is 11.4. The molecule has 172 valence electrons. The first kappa shape index (κ1) is 26.1. The molecule has 1 fully saturated rings. The summed E-state index contributed by atoms with van der Waals surface area (Å²) in [6.45, 7) is 11.3. The van der Waals surface area contributed by atoms with Crippen molar-refractivity contribution in [2.75, 3.05) is 13.2 Å². The molecule has 0 aromatic carbocycles. The molecule has 1 saturated heterocycles. The standard InChI is InChI=1S/C19H32O10Si/c1-11(20)25-10-15-16(26-12(2)21)17(27-13(3)22)18(28-14(4)23)19(29-15)24-8-9-30(5,6)7/h15-19H,8-10H2,1-7H3/t15-,16-,17+,18+,19+/m1/s1. The van der Waals surface area contributed by atoms with Crippen molar-refractivity contribution in [1.29, 1.82) is 0 Å². The third-order valence-corrected chi connectivity index (χ3v) is 5.79. The van der Waals surface area contributed by atoms with Gasteiger partial charge in [0.05, 0.1) is 0 Å². The molecular formula is C19H32O10Si. The highest BCUT2D eigenvalue weighted by Crippen LogP contribution is 2.30. The molecule has 0 bridgehead atoms. The molecule has 10 nitrogen and oxygen atoms in total. The van der Waals surface area contributed by atoms with Crippen LogP contribution in [-0.4, -0.2) is 75.9 Å². The van der Waals surface area contributed by atoms with Crippen molar-refractivity contribution in [3.8, 4) is 0 Å². The molecule has 0 radical (unpaired) electrons. The highest BCUT2D eigenvalue weighted by atomic mass is 28.3. The number of esters is 4. The third-order valence-electron chi connectivity index (χ3n) is 4.08. The maximum Gasteiger partial charge on any atom is 0.303 e. The van der Waals surface area contributed by atoms with Gasteiger partial charge in [0, 0.05) is 42.4 Å². The zero-order chi connectivity index (χ0) is 23.1. The summed E-state index contributed by atoms with van der Waals surface area (Å²) in [4.78, 5) is 46.4. The van der Waals surface area contributed by atoms with Gasteiger partial charge in [-0.05, 0) is 6.04 Å². The minimum absolute atomic E-state index is 0.272. The molecule has 1 aliphatic rings. The van der Waals surface area contributed by atoms with Gasteiger partial charge in [-0.25, -0.2) is 0 Å². The molecule has 0 aromatic rings. The summed E-state index contributed by atoms with van der Waals surface area (Å²) in [5.41, 5.74) is 0. The van der Waals surface area contributed by atoms with Gasteiger partial charge in [-0.15, -0.1) is 0 Å². The number of carbonyl (C=O) groups excluding carboxylic acids is 4. The summed E-state index contributed by atoms with van der Waals surface area (Å²) in [5.74, 6) is -2.57. The smallest absolute Gasteiger partial charge is 0.303 e. The highest BCUT2D eigenvalue weighted by Gasteiger charge is 2.52. The predicted octanol–water partition coefficient (Wildman–Crippen LogP) is 1.42. The lowest BCUT2D eigenvalue weighted by Crippen LogP contribution is -2.63. The van der Waals surface area contributed by atoms with Gasteiger partial charge in [0.1, 0.15) is 12.7 Å². The predicted molar refractivity (Wildman–Crippen MR) is 106 cm³/mol. The fraction of sp³-hybridized carbons (Fsp3) is 0.789. The minimum Gasteiger partial charge on any atom is -0.463 e. The van der Waals surface area contributed by atoms with Gasteiger partial charge in [-0.1, -0.05) is 19.6 Å². The Balaban J connectivity index is 3.22. The summed E-state index contributed by atoms with van der Waals surface area (Å²) in [5, 5.41) is 0. The molecule has 11 heteroatoms. The first-order valence-electron chi connectivity index (χ1n) is 9.72. The van der Waals surface area contributed by atoms with E-state index in [0.29, 0.717) is 6.61 Å². The molecule has 0 saturated carbocycles. The Kier molecular flexibility index (Phi) is 9.92. The van der Waals surface area contributed by atoms with E-state index in [2.05, 4.69) is 19.6 Å². The van der Waals surface area contributed by atoms with Crippen LogP contribution in [0.25, 0.3) is 0 Å². The Bertz CT molecular complexity index is 629. The van der Waals surface area contributed by atoms with Crippen molar-refractivity contribution in [2.45, 2.75) is 84.1 Å². The molecule has 0 unspecified atom stereocenters. The Morgan fingerprint density at radius 2 is 1.27 bits per heavy atom. The first-order chi connectivity index (χ1) is 13.8. The molecule has 5 atom stereocenters. The lowest BCUT2D eigenvalue weighted by molar-refractivity contribution is -0.307. The fourth-order valence-corrected chi connectivity index (χ4v) is 3.53. The van der Waals surface area contributed by atoms with Crippen LogP contribution in [0, 0.1) is 0 Å². The molecule has 1 aliphatic heterocycles. The van der Waals surface area contributed by atoms with Crippen molar-refractivity contribution < 1.29 is 47.6 Å². The average molecular weight is 449 g/mol. The van der Waals surface area contributed by atoms with Crippen LogP contribution in [-0.2, 0) is 47.6 Å².